The van der Waals surface area contributed by atoms with Crippen molar-refractivity contribution in [1.29, 1.82) is 0 Å². The number of hydrogen-bond donors (Lipinski definition) is 0. The second kappa shape index (κ2) is 6.40. The highest BCUT2D eigenvalue weighted by Gasteiger charge is 2.35. The smallest absolute Gasteiger partial charge is 0.298 e. The predicted molar refractivity (Wildman–Crippen MR) is 89.9 cm³/mol. The van der Waals surface area contributed by atoms with E-state index in [1.807, 2.05) is 0 Å². The third-order valence-corrected chi connectivity index (χ3v) is 4.85. The van der Waals surface area contributed by atoms with Crippen LogP contribution in [0.2, 0.25) is 5.02 Å². The van der Waals surface area contributed by atoms with Gasteiger partial charge in [0.05, 0.1) is 4.90 Å². The molecule has 2 aromatic heterocycles. The molecule has 1 aromatic carbocycles. The molecule has 3 rings (SSSR count). The highest BCUT2D eigenvalue weighted by molar-refractivity contribution is 7.90. The third kappa shape index (κ3) is 3.73. The molecule has 0 atom stereocenters. The molecular formula is C16H11ClF3N3O2S. The van der Waals surface area contributed by atoms with Crippen LogP contribution < -0.4 is 0 Å². The third-order valence-electron chi connectivity index (χ3n) is 3.49. The first-order chi connectivity index (χ1) is 12.1. The molecule has 136 valence electrons. The molecule has 0 unspecified atom stereocenters. The van der Waals surface area contributed by atoms with E-state index in [0.717, 1.165) is 12.5 Å². The molecule has 0 saturated carbocycles. The average molecular weight is 402 g/mol. The van der Waals surface area contributed by atoms with Gasteiger partial charge in [0.2, 0.25) is 0 Å². The Morgan fingerprint density at radius 1 is 1.12 bits per heavy atom. The lowest BCUT2D eigenvalue weighted by Crippen LogP contribution is -2.05. The summed E-state index contributed by atoms with van der Waals surface area (Å²) in [6, 6.07) is 8.30. The molecule has 0 radical (unpaired) electrons. The number of rotatable bonds is 3. The van der Waals surface area contributed by atoms with Gasteiger partial charge < -0.3 is 0 Å². The molecule has 0 bridgehead atoms. The molecule has 26 heavy (non-hydrogen) atoms. The van der Waals surface area contributed by atoms with Crippen molar-refractivity contribution in [2.75, 3.05) is 6.26 Å². The fraction of sp³-hybridized carbons (Fsp3) is 0.125. The summed E-state index contributed by atoms with van der Waals surface area (Å²) in [4.78, 5) is 7.71. The van der Waals surface area contributed by atoms with Crippen molar-refractivity contribution in [3.05, 3.63) is 59.5 Å². The Bertz CT molecular complexity index is 1060. The van der Waals surface area contributed by atoms with Gasteiger partial charge >= 0.3 is 6.18 Å². The molecule has 10 heteroatoms. The zero-order valence-corrected chi connectivity index (χ0v) is 14.8. The standard InChI is InChI=1S/C16H11ClF3N3O2S/c1-26(24,25)12-4-2-11(3-5-12)23-9-14(16(18,19)20)22-15(23)13-8-10(17)6-7-21-13/h2-9H,1H3. The van der Waals surface area contributed by atoms with Gasteiger partial charge in [-0.2, -0.15) is 13.2 Å². The summed E-state index contributed by atoms with van der Waals surface area (Å²) in [6.45, 7) is 0. The Kier molecular flexibility index (Phi) is 4.53. The number of pyridine rings is 1. The van der Waals surface area contributed by atoms with Crippen LogP contribution in [0.5, 0.6) is 0 Å². The van der Waals surface area contributed by atoms with E-state index in [-0.39, 0.29) is 16.4 Å². The fourth-order valence-corrected chi connectivity index (χ4v) is 3.07. The number of nitrogens with zero attached hydrogens (tertiary/aromatic N) is 3. The SMILES string of the molecule is CS(=O)(=O)c1ccc(-n2cc(C(F)(F)F)nc2-c2cc(Cl)ccn2)cc1. The predicted octanol–water partition coefficient (Wildman–Crippen LogP) is 4.01. The first-order valence-electron chi connectivity index (χ1n) is 7.15. The summed E-state index contributed by atoms with van der Waals surface area (Å²) >= 11 is 5.89. The van der Waals surface area contributed by atoms with E-state index in [0.29, 0.717) is 10.7 Å². The van der Waals surface area contributed by atoms with Crippen LogP contribution in [0.3, 0.4) is 0 Å². The number of hydrogen-bond acceptors (Lipinski definition) is 4. The molecule has 0 spiro atoms. The second-order valence-electron chi connectivity index (χ2n) is 5.44. The van der Waals surface area contributed by atoms with Gasteiger partial charge in [0.15, 0.2) is 21.4 Å². The zero-order chi connectivity index (χ0) is 19.1. The quantitative estimate of drug-likeness (QED) is 0.665. The van der Waals surface area contributed by atoms with Crippen LogP contribution in [0, 0.1) is 0 Å². The van der Waals surface area contributed by atoms with Crippen LogP contribution in [0.25, 0.3) is 17.2 Å². The van der Waals surface area contributed by atoms with Gasteiger partial charge in [-0.1, -0.05) is 11.6 Å². The minimum Gasteiger partial charge on any atom is -0.298 e. The molecule has 5 nitrogen and oxygen atoms in total. The first kappa shape index (κ1) is 18.4. The normalized spacial score (nSPS) is 12.3. The van der Waals surface area contributed by atoms with Crippen molar-refractivity contribution in [3.8, 4) is 17.2 Å². The van der Waals surface area contributed by atoms with Gasteiger partial charge in [-0.15, -0.1) is 0 Å². The molecule has 0 fully saturated rings. The minimum absolute atomic E-state index is 0.0554. The number of aromatic nitrogens is 3. The molecule has 2 heterocycles. The molecule has 0 aliphatic heterocycles. The maximum Gasteiger partial charge on any atom is 0.434 e. The molecule has 0 amide bonds. The average Bonchev–Trinajstić information content (AvgIpc) is 3.00. The summed E-state index contributed by atoms with van der Waals surface area (Å²) in [5, 5.41) is 0.297. The van der Waals surface area contributed by atoms with E-state index >= 15 is 0 Å². The van der Waals surface area contributed by atoms with Crippen molar-refractivity contribution in [1.82, 2.24) is 14.5 Å². The molecule has 3 aromatic rings. The van der Waals surface area contributed by atoms with Crippen LogP contribution in [0.1, 0.15) is 5.69 Å². The van der Waals surface area contributed by atoms with Crippen molar-refractivity contribution in [2.24, 2.45) is 0 Å². The van der Waals surface area contributed by atoms with Gasteiger partial charge in [-0.3, -0.25) is 9.55 Å². The molecule has 0 N–H and O–H groups in total. The van der Waals surface area contributed by atoms with Crippen LogP contribution >= 0.6 is 11.6 Å². The zero-order valence-electron chi connectivity index (χ0n) is 13.2. The Labute approximate surface area is 152 Å². The topological polar surface area (TPSA) is 64.8 Å². The van der Waals surface area contributed by atoms with Gasteiger partial charge in [0.1, 0.15) is 5.69 Å². The molecule has 0 aliphatic carbocycles. The maximum atomic E-state index is 13.1. The Balaban J connectivity index is 2.18. The first-order valence-corrected chi connectivity index (χ1v) is 9.41. The number of alkyl halides is 3. The Morgan fingerprint density at radius 3 is 2.31 bits per heavy atom. The van der Waals surface area contributed by atoms with Crippen LogP contribution in [0.15, 0.2) is 53.7 Å². The lowest BCUT2D eigenvalue weighted by Gasteiger charge is -2.08. The van der Waals surface area contributed by atoms with E-state index in [9.17, 15) is 21.6 Å². The summed E-state index contributed by atoms with van der Waals surface area (Å²) in [6.07, 6.45) is -1.42. The van der Waals surface area contributed by atoms with Crippen molar-refractivity contribution in [2.45, 2.75) is 11.1 Å². The Hall–Kier alpha value is -2.39. The van der Waals surface area contributed by atoms with E-state index in [1.165, 1.54) is 47.2 Å². The van der Waals surface area contributed by atoms with Crippen LogP contribution in [-0.2, 0) is 16.0 Å². The maximum absolute atomic E-state index is 13.1. The number of imidazole rings is 1. The number of sulfone groups is 1. The highest BCUT2D eigenvalue weighted by Crippen LogP contribution is 2.32. The fourth-order valence-electron chi connectivity index (χ4n) is 2.28. The molecular weight excluding hydrogens is 391 g/mol. The number of benzene rings is 1. The van der Waals surface area contributed by atoms with Gasteiger partial charge in [-0.25, -0.2) is 13.4 Å². The molecule has 0 aliphatic rings. The van der Waals surface area contributed by atoms with Crippen molar-refractivity contribution < 1.29 is 21.6 Å². The lowest BCUT2D eigenvalue weighted by molar-refractivity contribution is -0.140. The Morgan fingerprint density at radius 2 is 1.77 bits per heavy atom. The van der Waals surface area contributed by atoms with Crippen molar-refractivity contribution in [3.63, 3.8) is 0 Å². The number of halogens is 4. The minimum atomic E-state index is -4.65. The summed E-state index contributed by atoms with van der Waals surface area (Å²) < 4.78 is 63.6. The molecule has 0 saturated heterocycles. The van der Waals surface area contributed by atoms with E-state index in [1.54, 1.807) is 0 Å². The van der Waals surface area contributed by atoms with Crippen LogP contribution in [0.4, 0.5) is 13.2 Å². The van der Waals surface area contributed by atoms with Crippen LogP contribution in [-0.4, -0.2) is 29.2 Å². The van der Waals surface area contributed by atoms with E-state index in [4.69, 9.17) is 11.6 Å². The second-order valence-corrected chi connectivity index (χ2v) is 7.90. The summed E-state index contributed by atoms with van der Waals surface area (Å²) in [7, 11) is -3.42. The van der Waals surface area contributed by atoms with Crippen molar-refractivity contribution >= 4 is 21.4 Å². The lowest BCUT2D eigenvalue weighted by atomic mass is 10.3. The van der Waals surface area contributed by atoms with Gasteiger partial charge in [0, 0.05) is 29.4 Å². The monoisotopic (exact) mass is 401 g/mol. The van der Waals surface area contributed by atoms with E-state index < -0.39 is 21.7 Å². The van der Waals surface area contributed by atoms with Gasteiger partial charge in [0.25, 0.3) is 0 Å². The van der Waals surface area contributed by atoms with Gasteiger partial charge in [-0.05, 0) is 36.4 Å². The highest BCUT2D eigenvalue weighted by atomic mass is 35.5. The van der Waals surface area contributed by atoms with E-state index in [2.05, 4.69) is 9.97 Å². The summed E-state index contributed by atoms with van der Waals surface area (Å²) in [5.41, 5.74) is -0.640. The summed E-state index contributed by atoms with van der Waals surface area (Å²) in [5.74, 6) is -0.0630. The largest absolute Gasteiger partial charge is 0.434 e.